The van der Waals surface area contributed by atoms with Crippen molar-refractivity contribution >= 4 is 5.96 Å². The van der Waals surface area contributed by atoms with Gasteiger partial charge in [-0.3, -0.25) is 31.6 Å². The summed E-state index contributed by atoms with van der Waals surface area (Å²) >= 11 is 0. The van der Waals surface area contributed by atoms with E-state index in [1.54, 1.807) is 14.2 Å². The minimum atomic E-state index is -4.20. The fourth-order valence-electron chi connectivity index (χ4n) is 8.32. The summed E-state index contributed by atoms with van der Waals surface area (Å²) in [5.74, 6) is 2.15. The maximum atomic E-state index is 13.3. The lowest BCUT2D eigenvalue weighted by atomic mass is 9.80. The van der Waals surface area contributed by atoms with E-state index in [4.69, 9.17) is 10.1 Å². The molecular weight excluding hydrogens is 523 g/mol. The standard InChI is InChI=1S/C27H48F3N9O/c1-4-38-18-11-32-22(20-21(16-9-10-16)33-14-34-25(20)40-3)36-24(18)39(26(38)31)12-15-5-7-17(8-6-15)23-35-19(13-37(23)2)27(28,29)30/h15-25,31-36H,4-14H2,1-3H3. The molecule has 4 aliphatic heterocycles. The highest BCUT2D eigenvalue weighted by atomic mass is 19.4. The van der Waals surface area contributed by atoms with Gasteiger partial charge < -0.3 is 19.9 Å². The zero-order valence-corrected chi connectivity index (χ0v) is 24.0. The van der Waals surface area contributed by atoms with Gasteiger partial charge in [0.1, 0.15) is 18.4 Å². The van der Waals surface area contributed by atoms with Crippen LogP contribution in [0.3, 0.4) is 0 Å². The molecule has 0 bridgehead atoms. The van der Waals surface area contributed by atoms with Gasteiger partial charge in [-0.2, -0.15) is 13.2 Å². The Kier molecular flexibility index (Phi) is 8.27. The number of nitrogens with zero attached hydrogens (tertiary/aromatic N) is 3. The highest BCUT2D eigenvalue weighted by Crippen LogP contribution is 2.40. The van der Waals surface area contributed by atoms with E-state index in [0.717, 1.165) is 52.0 Å². The number of rotatable bonds is 7. The third-order valence-electron chi connectivity index (χ3n) is 10.6. The van der Waals surface area contributed by atoms with E-state index in [1.165, 1.54) is 12.8 Å². The van der Waals surface area contributed by atoms with Crippen LogP contribution >= 0.6 is 0 Å². The summed E-state index contributed by atoms with van der Waals surface area (Å²) in [4.78, 5) is 6.31. The lowest BCUT2D eigenvalue weighted by Crippen LogP contribution is -2.73. The van der Waals surface area contributed by atoms with Crippen molar-refractivity contribution in [1.29, 1.82) is 5.41 Å². The Bertz CT molecular complexity index is 899. The number of halogens is 3. The van der Waals surface area contributed by atoms with Crippen molar-refractivity contribution < 1.29 is 17.9 Å². The molecule has 6 aliphatic rings. The molecule has 6 fully saturated rings. The molecule has 0 spiro atoms. The molecule has 8 unspecified atom stereocenters. The minimum absolute atomic E-state index is 0.0212. The van der Waals surface area contributed by atoms with Crippen LogP contribution in [0.15, 0.2) is 0 Å². The Morgan fingerprint density at radius 3 is 2.30 bits per heavy atom. The third-order valence-corrected chi connectivity index (χ3v) is 10.6. The molecule has 6 rings (SSSR count). The smallest absolute Gasteiger partial charge is 0.366 e. The van der Waals surface area contributed by atoms with Gasteiger partial charge in [-0.05, 0) is 70.3 Å². The first-order valence-electron chi connectivity index (χ1n) is 15.3. The van der Waals surface area contributed by atoms with Crippen molar-refractivity contribution in [2.75, 3.05) is 47.0 Å². The number of hydrogen-bond donors (Lipinski definition) is 6. The van der Waals surface area contributed by atoms with Crippen LogP contribution in [0.25, 0.3) is 0 Å². The topological polar surface area (TPSA) is 103 Å². The number of guanidine groups is 1. The summed E-state index contributed by atoms with van der Waals surface area (Å²) < 4.78 is 45.8. The summed E-state index contributed by atoms with van der Waals surface area (Å²) in [6, 6.07) is -0.863. The Balaban J connectivity index is 1.10. The Labute approximate surface area is 236 Å². The number of alkyl halides is 3. The molecule has 8 atom stereocenters. The van der Waals surface area contributed by atoms with E-state index >= 15 is 0 Å². The molecule has 13 heteroatoms. The second kappa shape index (κ2) is 11.5. The van der Waals surface area contributed by atoms with E-state index in [1.807, 2.05) is 4.90 Å². The monoisotopic (exact) mass is 571 g/mol. The summed E-state index contributed by atoms with van der Waals surface area (Å²) in [7, 11) is 3.58. The molecule has 0 amide bonds. The van der Waals surface area contributed by atoms with E-state index in [-0.39, 0.29) is 49.1 Å². The number of fused-ring (bicyclic) bond motifs is 1. The van der Waals surface area contributed by atoms with Crippen LogP contribution in [0.2, 0.25) is 0 Å². The predicted molar refractivity (Wildman–Crippen MR) is 146 cm³/mol. The fourth-order valence-corrected chi connectivity index (χ4v) is 8.32. The summed E-state index contributed by atoms with van der Waals surface area (Å²) in [6.45, 7) is 5.30. The molecule has 4 saturated heterocycles. The van der Waals surface area contributed by atoms with Gasteiger partial charge in [0.15, 0.2) is 5.96 Å². The van der Waals surface area contributed by atoms with Gasteiger partial charge in [0.05, 0.1) is 18.4 Å². The first kappa shape index (κ1) is 28.9. The van der Waals surface area contributed by atoms with Crippen molar-refractivity contribution in [2.24, 2.45) is 23.7 Å². The largest absolute Gasteiger partial charge is 0.405 e. The maximum Gasteiger partial charge on any atom is 0.405 e. The zero-order valence-electron chi connectivity index (χ0n) is 24.0. The van der Waals surface area contributed by atoms with Gasteiger partial charge in [-0.15, -0.1) is 0 Å². The first-order chi connectivity index (χ1) is 19.2. The van der Waals surface area contributed by atoms with E-state index in [2.05, 4.69) is 43.3 Å². The minimum Gasteiger partial charge on any atom is -0.366 e. The second-order valence-corrected chi connectivity index (χ2v) is 12.9. The summed E-state index contributed by atoms with van der Waals surface area (Å²) in [5.41, 5.74) is 0. The van der Waals surface area contributed by atoms with Crippen molar-refractivity contribution in [3.05, 3.63) is 0 Å². The van der Waals surface area contributed by atoms with Crippen molar-refractivity contribution in [2.45, 2.75) is 94.5 Å². The Morgan fingerprint density at radius 1 is 0.950 bits per heavy atom. The van der Waals surface area contributed by atoms with Gasteiger partial charge in [0.2, 0.25) is 0 Å². The number of methoxy groups -OCH3 is 1. The quantitative estimate of drug-likeness (QED) is 0.266. The zero-order chi connectivity index (χ0) is 28.2. The van der Waals surface area contributed by atoms with Crippen LogP contribution < -0.4 is 26.6 Å². The Morgan fingerprint density at radius 2 is 1.68 bits per heavy atom. The van der Waals surface area contributed by atoms with Crippen molar-refractivity contribution in [1.82, 2.24) is 41.3 Å². The SMILES string of the molecule is CCN1C(=N)N(CC2CCC(C3NC(C(F)(F)F)CN3C)CC2)C2NC(C3C(OC)NCNC3C3CC3)NCC21. The van der Waals surface area contributed by atoms with Crippen LogP contribution in [0.4, 0.5) is 13.2 Å². The molecular formula is C27H48F3N9O. The molecule has 10 nitrogen and oxygen atoms in total. The molecule has 0 aromatic rings. The van der Waals surface area contributed by atoms with Gasteiger partial charge in [0, 0.05) is 51.9 Å². The molecule has 0 radical (unpaired) electrons. The highest BCUT2D eigenvalue weighted by molar-refractivity contribution is 5.80. The molecule has 40 heavy (non-hydrogen) atoms. The number of hydrogen-bond acceptors (Lipinski definition) is 8. The van der Waals surface area contributed by atoms with Crippen LogP contribution in [0.5, 0.6) is 0 Å². The van der Waals surface area contributed by atoms with Gasteiger partial charge in [-0.25, -0.2) is 0 Å². The average molecular weight is 572 g/mol. The van der Waals surface area contributed by atoms with E-state index in [0.29, 0.717) is 23.8 Å². The van der Waals surface area contributed by atoms with Gasteiger partial charge >= 0.3 is 6.18 Å². The van der Waals surface area contributed by atoms with Crippen LogP contribution in [-0.4, -0.2) is 117 Å². The summed E-state index contributed by atoms with van der Waals surface area (Å²) in [6.07, 6.45) is 1.96. The molecule has 0 aromatic heterocycles. The van der Waals surface area contributed by atoms with Crippen LogP contribution in [-0.2, 0) is 4.74 Å². The Hall–Kier alpha value is -1.22. The molecule has 2 saturated carbocycles. The van der Waals surface area contributed by atoms with Crippen molar-refractivity contribution in [3.63, 3.8) is 0 Å². The second-order valence-electron chi connectivity index (χ2n) is 12.9. The molecule has 2 aliphatic carbocycles. The average Bonchev–Trinajstić information content (AvgIpc) is 3.66. The maximum absolute atomic E-state index is 13.3. The van der Waals surface area contributed by atoms with Gasteiger partial charge in [-0.1, -0.05) is 0 Å². The number of ether oxygens (including phenoxy) is 1. The fraction of sp³-hybridized carbons (Fsp3) is 0.963. The lowest BCUT2D eigenvalue weighted by Gasteiger charge is -2.48. The van der Waals surface area contributed by atoms with E-state index < -0.39 is 12.2 Å². The lowest BCUT2D eigenvalue weighted by molar-refractivity contribution is -0.150. The third kappa shape index (κ3) is 5.47. The molecule has 228 valence electrons. The predicted octanol–water partition coefficient (Wildman–Crippen LogP) is 0.888. The van der Waals surface area contributed by atoms with E-state index in [9.17, 15) is 13.2 Å². The van der Waals surface area contributed by atoms with Crippen LogP contribution in [0.1, 0.15) is 45.4 Å². The van der Waals surface area contributed by atoms with Crippen molar-refractivity contribution in [3.8, 4) is 0 Å². The first-order valence-corrected chi connectivity index (χ1v) is 15.3. The highest BCUT2D eigenvalue weighted by Gasteiger charge is 2.52. The number of nitrogens with one attached hydrogen (secondary N) is 6. The molecule has 4 heterocycles. The van der Waals surface area contributed by atoms with Crippen LogP contribution in [0, 0.1) is 29.1 Å². The normalized spacial score (nSPS) is 43.4. The number of likely N-dealkylation sites (N-methyl/N-ethyl adjacent to an activating group) is 2. The summed E-state index contributed by atoms with van der Waals surface area (Å²) in [5, 5.41) is 26.8. The van der Waals surface area contributed by atoms with Gasteiger partial charge in [0.25, 0.3) is 0 Å². The molecule has 6 N–H and O–H groups in total. The molecule has 0 aromatic carbocycles.